The first kappa shape index (κ1) is 16.0. The normalized spacial score (nSPS) is 11.2. The van der Waals surface area contributed by atoms with Gasteiger partial charge < -0.3 is 15.7 Å². The van der Waals surface area contributed by atoms with Crippen LogP contribution >= 0.6 is 15.9 Å². The van der Waals surface area contributed by atoms with Crippen molar-refractivity contribution in [1.29, 1.82) is 5.26 Å². The van der Waals surface area contributed by atoms with Crippen molar-refractivity contribution in [3.63, 3.8) is 0 Å². The van der Waals surface area contributed by atoms with Gasteiger partial charge in [0.05, 0.1) is 17.7 Å². The summed E-state index contributed by atoms with van der Waals surface area (Å²) in [5.41, 5.74) is 0.694. The number of carboxylic acids is 1. The lowest BCUT2D eigenvalue weighted by atomic mass is 10.1. The maximum atomic E-state index is 11.8. The summed E-state index contributed by atoms with van der Waals surface area (Å²) >= 11 is 3.24. The number of hydrogen-bond acceptors (Lipinski definition) is 3. The Morgan fingerprint density at radius 1 is 1.50 bits per heavy atom. The summed E-state index contributed by atoms with van der Waals surface area (Å²) in [5.74, 6) is -0.974. The zero-order chi connectivity index (χ0) is 15.1. The highest BCUT2D eigenvalue weighted by molar-refractivity contribution is 9.10. The number of hydrogen-bond donors (Lipinski definition) is 3. The highest BCUT2D eigenvalue weighted by Crippen LogP contribution is 2.20. The van der Waals surface area contributed by atoms with Crippen LogP contribution < -0.4 is 10.6 Å². The molecule has 0 heterocycles. The van der Waals surface area contributed by atoms with Gasteiger partial charge in [-0.1, -0.05) is 22.9 Å². The number of benzene rings is 1. The smallest absolute Gasteiger partial charge is 0.319 e. The molecular weight excluding hydrogens is 326 g/mol. The monoisotopic (exact) mass is 339 g/mol. The van der Waals surface area contributed by atoms with Crippen molar-refractivity contribution >= 4 is 33.6 Å². The van der Waals surface area contributed by atoms with Crippen molar-refractivity contribution < 1.29 is 14.7 Å². The number of halogens is 1. The number of nitriles is 1. The first-order valence-electron chi connectivity index (χ1n) is 5.95. The van der Waals surface area contributed by atoms with Crippen LogP contribution in [0, 0.1) is 11.3 Å². The molecule has 1 aromatic carbocycles. The topological polar surface area (TPSA) is 102 Å². The van der Waals surface area contributed by atoms with Gasteiger partial charge >= 0.3 is 12.0 Å². The third-order valence-corrected chi connectivity index (χ3v) is 3.09. The third-order valence-electron chi connectivity index (χ3n) is 2.60. The second kappa shape index (κ2) is 7.50. The lowest BCUT2D eigenvalue weighted by Crippen LogP contribution is -2.39. The molecule has 6 nitrogen and oxygen atoms in total. The molecule has 0 fully saturated rings. The van der Waals surface area contributed by atoms with Crippen LogP contribution in [0.3, 0.4) is 0 Å². The van der Waals surface area contributed by atoms with Crippen LogP contribution in [-0.4, -0.2) is 23.1 Å². The Labute approximate surface area is 124 Å². The molecule has 20 heavy (non-hydrogen) atoms. The highest BCUT2D eigenvalue weighted by atomic mass is 79.9. The van der Waals surface area contributed by atoms with Crippen molar-refractivity contribution in [2.24, 2.45) is 0 Å². The number of amides is 2. The van der Waals surface area contributed by atoms with Crippen LogP contribution in [0.25, 0.3) is 0 Å². The van der Waals surface area contributed by atoms with E-state index in [0.717, 1.165) is 4.47 Å². The number of aliphatic carboxylic acids is 1. The van der Waals surface area contributed by atoms with E-state index in [-0.39, 0.29) is 6.42 Å². The van der Waals surface area contributed by atoms with E-state index in [2.05, 4.69) is 26.6 Å². The lowest BCUT2D eigenvalue weighted by Gasteiger charge is -2.16. The Balaban J connectivity index is 2.71. The first-order chi connectivity index (χ1) is 9.46. The molecule has 1 rings (SSSR count). The maximum absolute atomic E-state index is 11.8. The molecule has 0 aromatic heterocycles. The van der Waals surface area contributed by atoms with E-state index >= 15 is 0 Å². The van der Waals surface area contributed by atoms with E-state index in [1.807, 2.05) is 6.07 Å². The van der Waals surface area contributed by atoms with Gasteiger partial charge in [-0.15, -0.1) is 0 Å². The number of rotatable bonds is 5. The van der Waals surface area contributed by atoms with Gasteiger partial charge in [0.25, 0.3) is 0 Å². The summed E-state index contributed by atoms with van der Waals surface area (Å²) in [6.45, 7) is 1.79. The minimum Gasteiger partial charge on any atom is -0.481 e. The number of carbonyl (C=O) groups is 2. The zero-order valence-corrected chi connectivity index (χ0v) is 12.4. The van der Waals surface area contributed by atoms with Crippen LogP contribution in [-0.2, 0) is 4.79 Å². The first-order valence-corrected chi connectivity index (χ1v) is 6.74. The van der Waals surface area contributed by atoms with Gasteiger partial charge in [0.15, 0.2) is 0 Å². The van der Waals surface area contributed by atoms with Crippen molar-refractivity contribution in [3.8, 4) is 6.07 Å². The van der Waals surface area contributed by atoms with Crippen LogP contribution in [0.2, 0.25) is 0 Å². The average Bonchev–Trinajstić information content (AvgIpc) is 2.39. The van der Waals surface area contributed by atoms with Crippen molar-refractivity contribution in [3.05, 3.63) is 28.2 Å². The molecule has 1 unspecified atom stereocenters. The molecule has 0 aliphatic carbocycles. The quantitative estimate of drug-likeness (QED) is 0.767. The molecule has 2 amide bonds. The molecule has 0 bridgehead atoms. The van der Waals surface area contributed by atoms with E-state index in [0.29, 0.717) is 17.7 Å². The second-order valence-electron chi connectivity index (χ2n) is 4.10. The molecule has 1 aromatic rings. The summed E-state index contributed by atoms with van der Waals surface area (Å²) in [6.07, 6.45) is 0.362. The van der Waals surface area contributed by atoms with Gasteiger partial charge in [-0.25, -0.2) is 4.79 Å². The summed E-state index contributed by atoms with van der Waals surface area (Å²) in [4.78, 5) is 22.4. The molecule has 0 radical (unpaired) electrons. The van der Waals surface area contributed by atoms with Gasteiger partial charge in [0.2, 0.25) is 0 Å². The Kier molecular flexibility index (Phi) is 6.00. The summed E-state index contributed by atoms with van der Waals surface area (Å²) in [5, 5.41) is 22.8. The standard InChI is InChI=1S/C13H14BrN3O3/c1-2-10(6-12(18)19)16-13(20)17-11-4-3-9(14)5-8(11)7-15/h3-5,10H,2,6H2,1H3,(H,18,19)(H2,16,17,20). The highest BCUT2D eigenvalue weighted by Gasteiger charge is 2.15. The van der Waals surface area contributed by atoms with Gasteiger partial charge in [0.1, 0.15) is 6.07 Å². The maximum Gasteiger partial charge on any atom is 0.319 e. The van der Waals surface area contributed by atoms with E-state index in [1.165, 1.54) is 0 Å². The van der Waals surface area contributed by atoms with E-state index in [1.54, 1.807) is 25.1 Å². The molecule has 3 N–H and O–H groups in total. The second-order valence-corrected chi connectivity index (χ2v) is 5.02. The summed E-state index contributed by atoms with van der Waals surface area (Å²) in [6, 6.07) is 5.88. The van der Waals surface area contributed by atoms with Gasteiger partial charge in [-0.2, -0.15) is 5.26 Å². The zero-order valence-electron chi connectivity index (χ0n) is 10.8. The number of carbonyl (C=O) groups excluding carboxylic acids is 1. The Morgan fingerprint density at radius 2 is 2.20 bits per heavy atom. The van der Waals surface area contributed by atoms with Gasteiger partial charge in [0, 0.05) is 10.5 Å². The molecule has 1 atom stereocenters. The SMILES string of the molecule is CCC(CC(=O)O)NC(=O)Nc1ccc(Br)cc1C#N. The Morgan fingerprint density at radius 3 is 2.75 bits per heavy atom. The fourth-order valence-electron chi connectivity index (χ4n) is 1.57. The predicted octanol–water partition coefficient (Wildman–Crippen LogP) is 2.70. The Bertz CT molecular complexity index is 554. The number of nitrogens with zero attached hydrogens (tertiary/aromatic N) is 1. The van der Waals surface area contributed by atoms with Crippen molar-refractivity contribution in [2.45, 2.75) is 25.8 Å². The number of anilines is 1. The number of carboxylic acid groups (broad SMARTS) is 1. The minimum atomic E-state index is -0.974. The molecule has 0 aliphatic heterocycles. The molecule has 0 spiro atoms. The van der Waals surface area contributed by atoms with Crippen LogP contribution in [0.15, 0.2) is 22.7 Å². The number of urea groups is 1. The van der Waals surface area contributed by atoms with Crippen LogP contribution in [0.5, 0.6) is 0 Å². The fraction of sp³-hybridized carbons (Fsp3) is 0.308. The molecule has 106 valence electrons. The molecule has 0 aliphatic rings. The summed E-state index contributed by atoms with van der Waals surface area (Å²) < 4.78 is 0.734. The van der Waals surface area contributed by atoms with E-state index in [9.17, 15) is 9.59 Å². The molecule has 0 saturated carbocycles. The number of nitrogens with one attached hydrogen (secondary N) is 2. The van der Waals surface area contributed by atoms with Crippen molar-refractivity contribution in [2.75, 3.05) is 5.32 Å². The molecular formula is C13H14BrN3O3. The van der Waals surface area contributed by atoms with E-state index in [4.69, 9.17) is 10.4 Å². The minimum absolute atomic E-state index is 0.143. The predicted molar refractivity (Wildman–Crippen MR) is 77.3 cm³/mol. The summed E-state index contributed by atoms with van der Waals surface area (Å²) in [7, 11) is 0. The molecule has 7 heteroatoms. The Hall–Kier alpha value is -2.07. The largest absolute Gasteiger partial charge is 0.481 e. The van der Waals surface area contributed by atoms with E-state index < -0.39 is 18.0 Å². The third kappa shape index (κ3) is 4.90. The van der Waals surface area contributed by atoms with Gasteiger partial charge in [-0.05, 0) is 24.6 Å². The van der Waals surface area contributed by atoms with Crippen molar-refractivity contribution in [1.82, 2.24) is 5.32 Å². The fourth-order valence-corrected chi connectivity index (χ4v) is 1.93. The van der Waals surface area contributed by atoms with Gasteiger partial charge in [-0.3, -0.25) is 4.79 Å². The lowest BCUT2D eigenvalue weighted by molar-refractivity contribution is -0.137. The van der Waals surface area contributed by atoms with Crippen LogP contribution in [0.1, 0.15) is 25.3 Å². The average molecular weight is 340 g/mol. The van der Waals surface area contributed by atoms with Crippen LogP contribution in [0.4, 0.5) is 10.5 Å². The molecule has 0 saturated heterocycles.